The number of hydrogen-bond acceptors (Lipinski definition) is 1. The Morgan fingerprint density at radius 1 is 0.889 bits per heavy atom. The van der Waals surface area contributed by atoms with Crippen LogP contribution >= 0.6 is 0 Å². The molecule has 0 aliphatic carbocycles. The summed E-state index contributed by atoms with van der Waals surface area (Å²) in [7, 11) is 0. The van der Waals surface area contributed by atoms with E-state index < -0.39 is 0 Å². The van der Waals surface area contributed by atoms with Crippen LogP contribution in [0.5, 0.6) is 0 Å². The average molecular weight is 247 g/mol. The molecule has 0 saturated heterocycles. The van der Waals surface area contributed by atoms with Gasteiger partial charge in [0.15, 0.2) is 0 Å². The molecule has 1 aromatic carbocycles. The maximum Gasteiger partial charge on any atom is 0.0266 e. The minimum absolute atomic E-state index is 0.151. The highest BCUT2D eigenvalue weighted by Crippen LogP contribution is 2.14. The molecule has 0 amide bonds. The number of nitrogens with two attached hydrogens (primary N) is 1. The molecule has 1 unspecified atom stereocenters. The predicted octanol–water partition coefficient (Wildman–Crippen LogP) is 5.00. The van der Waals surface area contributed by atoms with Crippen LogP contribution in [0.3, 0.4) is 0 Å². The summed E-state index contributed by atoms with van der Waals surface area (Å²) in [5.74, 6) is 0. The Kier molecular flexibility index (Phi) is 7.75. The second-order valence-corrected chi connectivity index (χ2v) is 5.40. The molecule has 1 aromatic rings. The van der Waals surface area contributed by atoms with E-state index >= 15 is 0 Å². The van der Waals surface area contributed by atoms with Crippen molar-refractivity contribution in [1.29, 1.82) is 0 Å². The number of unbranched alkanes of at least 4 members (excludes halogenated alkanes) is 6. The highest BCUT2D eigenvalue weighted by molar-refractivity contribution is 5.24. The van der Waals surface area contributed by atoms with E-state index in [4.69, 9.17) is 5.73 Å². The van der Waals surface area contributed by atoms with Gasteiger partial charge in [0.2, 0.25) is 0 Å². The fraction of sp³-hybridized carbons (Fsp3) is 0.647. The van der Waals surface area contributed by atoms with E-state index in [2.05, 4.69) is 31.2 Å². The van der Waals surface area contributed by atoms with Crippen molar-refractivity contribution in [3.05, 3.63) is 35.4 Å². The van der Waals surface area contributed by atoms with Crippen LogP contribution in [0.25, 0.3) is 0 Å². The first-order valence-corrected chi connectivity index (χ1v) is 7.58. The number of rotatable bonds is 9. The maximum absolute atomic E-state index is 5.84. The van der Waals surface area contributed by atoms with Crippen molar-refractivity contribution in [1.82, 2.24) is 0 Å². The van der Waals surface area contributed by atoms with E-state index in [1.165, 1.54) is 62.5 Å². The third kappa shape index (κ3) is 6.20. The summed E-state index contributed by atoms with van der Waals surface area (Å²) in [5.41, 5.74) is 8.53. The van der Waals surface area contributed by atoms with Crippen LogP contribution in [0.2, 0.25) is 0 Å². The third-order valence-electron chi connectivity index (χ3n) is 3.57. The van der Waals surface area contributed by atoms with Crippen molar-refractivity contribution in [2.24, 2.45) is 5.73 Å². The van der Waals surface area contributed by atoms with Gasteiger partial charge < -0.3 is 5.73 Å². The van der Waals surface area contributed by atoms with Gasteiger partial charge in [0.05, 0.1) is 0 Å². The van der Waals surface area contributed by atoms with E-state index in [0.29, 0.717) is 0 Å². The zero-order chi connectivity index (χ0) is 13.2. The van der Waals surface area contributed by atoms with Gasteiger partial charge in [-0.25, -0.2) is 0 Å². The predicted molar refractivity (Wildman–Crippen MR) is 80.7 cm³/mol. The molecule has 0 heterocycles. The van der Waals surface area contributed by atoms with E-state index in [0.717, 1.165) is 0 Å². The highest BCUT2D eigenvalue weighted by Gasteiger charge is 1.99. The summed E-state index contributed by atoms with van der Waals surface area (Å²) in [6.45, 7) is 4.30. The molecule has 0 aromatic heterocycles. The van der Waals surface area contributed by atoms with Gasteiger partial charge in [-0.2, -0.15) is 0 Å². The standard InChI is InChI=1S/C17H29N/c1-3-4-5-6-7-8-9-10-16-11-13-17(14-12-16)15(2)18/h11-15H,3-10,18H2,1-2H3. The van der Waals surface area contributed by atoms with Gasteiger partial charge in [0.1, 0.15) is 0 Å². The van der Waals surface area contributed by atoms with Crippen molar-refractivity contribution < 1.29 is 0 Å². The summed E-state index contributed by atoms with van der Waals surface area (Å²) in [6, 6.07) is 8.95. The molecule has 102 valence electrons. The van der Waals surface area contributed by atoms with Crippen molar-refractivity contribution in [3.63, 3.8) is 0 Å². The molecule has 1 rings (SSSR count). The molecule has 0 spiro atoms. The lowest BCUT2D eigenvalue weighted by Gasteiger charge is -2.07. The topological polar surface area (TPSA) is 26.0 Å². The van der Waals surface area contributed by atoms with Gasteiger partial charge in [0, 0.05) is 6.04 Å². The van der Waals surface area contributed by atoms with E-state index in [9.17, 15) is 0 Å². The quantitative estimate of drug-likeness (QED) is 0.611. The van der Waals surface area contributed by atoms with E-state index in [-0.39, 0.29) is 6.04 Å². The second-order valence-electron chi connectivity index (χ2n) is 5.40. The second kappa shape index (κ2) is 9.16. The summed E-state index contributed by atoms with van der Waals surface area (Å²) in [4.78, 5) is 0. The van der Waals surface area contributed by atoms with Gasteiger partial charge in [-0.05, 0) is 30.9 Å². The molecule has 0 aliphatic rings. The van der Waals surface area contributed by atoms with Crippen LogP contribution < -0.4 is 5.73 Å². The molecular formula is C17H29N. The smallest absolute Gasteiger partial charge is 0.0266 e. The molecule has 0 saturated carbocycles. The van der Waals surface area contributed by atoms with Crippen LogP contribution in [-0.2, 0) is 6.42 Å². The molecule has 1 atom stereocenters. The molecule has 0 aliphatic heterocycles. The van der Waals surface area contributed by atoms with Crippen molar-refractivity contribution in [2.45, 2.75) is 71.3 Å². The number of hydrogen-bond donors (Lipinski definition) is 1. The number of aryl methyl sites for hydroxylation is 1. The maximum atomic E-state index is 5.84. The van der Waals surface area contributed by atoms with Crippen LogP contribution in [0.15, 0.2) is 24.3 Å². The fourth-order valence-corrected chi connectivity index (χ4v) is 2.27. The summed E-state index contributed by atoms with van der Waals surface area (Å²) in [6.07, 6.45) is 10.9. The summed E-state index contributed by atoms with van der Waals surface area (Å²) >= 11 is 0. The minimum atomic E-state index is 0.151. The van der Waals surface area contributed by atoms with E-state index in [1.807, 2.05) is 6.92 Å². The lowest BCUT2D eigenvalue weighted by Crippen LogP contribution is -2.04. The molecule has 1 heteroatoms. The first-order chi connectivity index (χ1) is 8.74. The Bertz CT molecular complexity index is 300. The van der Waals surface area contributed by atoms with Crippen LogP contribution in [-0.4, -0.2) is 0 Å². The average Bonchev–Trinajstić information content (AvgIpc) is 2.38. The molecule has 0 bridgehead atoms. The van der Waals surface area contributed by atoms with Crippen LogP contribution in [0, 0.1) is 0 Å². The zero-order valence-corrected chi connectivity index (χ0v) is 12.1. The van der Waals surface area contributed by atoms with Gasteiger partial charge in [-0.15, -0.1) is 0 Å². The Balaban J connectivity index is 2.12. The highest BCUT2D eigenvalue weighted by atomic mass is 14.6. The zero-order valence-electron chi connectivity index (χ0n) is 12.1. The molecule has 2 N–H and O–H groups in total. The lowest BCUT2D eigenvalue weighted by molar-refractivity contribution is 0.589. The Hall–Kier alpha value is -0.820. The van der Waals surface area contributed by atoms with Crippen LogP contribution in [0.1, 0.15) is 76.0 Å². The fourth-order valence-electron chi connectivity index (χ4n) is 2.27. The van der Waals surface area contributed by atoms with Gasteiger partial charge in [-0.3, -0.25) is 0 Å². The number of benzene rings is 1. The monoisotopic (exact) mass is 247 g/mol. The van der Waals surface area contributed by atoms with Crippen LogP contribution in [0.4, 0.5) is 0 Å². The molecule has 0 radical (unpaired) electrons. The first kappa shape index (κ1) is 15.2. The third-order valence-corrected chi connectivity index (χ3v) is 3.57. The molecule has 1 nitrogen and oxygen atoms in total. The molecule has 18 heavy (non-hydrogen) atoms. The summed E-state index contributed by atoms with van der Waals surface area (Å²) in [5, 5.41) is 0. The normalized spacial score (nSPS) is 12.6. The van der Waals surface area contributed by atoms with Crippen molar-refractivity contribution >= 4 is 0 Å². The van der Waals surface area contributed by atoms with Gasteiger partial charge in [0.25, 0.3) is 0 Å². The molecule has 0 fully saturated rings. The SMILES string of the molecule is CCCCCCCCCc1ccc(C(C)N)cc1. The Morgan fingerprint density at radius 2 is 1.44 bits per heavy atom. The minimum Gasteiger partial charge on any atom is -0.324 e. The molecular weight excluding hydrogens is 218 g/mol. The Morgan fingerprint density at radius 3 is 2.00 bits per heavy atom. The largest absolute Gasteiger partial charge is 0.324 e. The van der Waals surface area contributed by atoms with Gasteiger partial charge >= 0.3 is 0 Å². The van der Waals surface area contributed by atoms with E-state index in [1.54, 1.807) is 0 Å². The van der Waals surface area contributed by atoms with Gasteiger partial charge in [-0.1, -0.05) is 69.7 Å². The lowest BCUT2D eigenvalue weighted by atomic mass is 10.0. The van der Waals surface area contributed by atoms with Crippen molar-refractivity contribution in [2.75, 3.05) is 0 Å². The first-order valence-electron chi connectivity index (χ1n) is 7.58. The van der Waals surface area contributed by atoms with Crippen molar-refractivity contribution in [3.8, 4) is 0 Å². The Labute approximate surface area is 113 Å². The summed E-state index contributed by atoms with van der Waals surface area (Å²) < 4.78 is 0.